The van der Waals surface area contributed by atoms with Crippen molar-refractivity contribution in [2.75, 3.05) is 5.32 Å². The number of alkyl halides is 3. The Labute approximate surface area is 175 Å². The van der Waals surface area contributed by atoms with Crippen molar-refractivity contribution < 1.29 is 27.5 Å². The molecular weight excluding hydrogens is 413 g/mol. The first kappa shape index (κ1) is 21.8. The van der Waals surface area contributed by atoms with Gasteiger partial charge in [-0.3, -0.25) is 15.0 Å². The van der Waals surface area contributed by atoms with Gasteiger partial charge in [-0.25, -0.2) is 4.85 Å². The quantitative estimate of drug-likeness (QED) is 0.431. The summed E-state index contributed by atoms with van der Waals surface area (Å²) in [5.41, 5.74) is 1.06. The summed E-state index contributed by atoms with van der Waals surface area (Å²) in [6.45, 7) is 9.74. The molecular formula is C21H17F3N4O3. The minimum Gasteiger partial charge on any atom is -0.427 e. The van der Waals surface area contributed by atoms with Crippen LogP contribution in [0.5, 0.6) is 5.75 Å². The molecule has 1 heterocycles. The predicted octanol–water partition coefficient (Wildman–Crippen LogP) is 4.28. The number of carbonyl (C=O) groups excluding carboxylic acids is 2. The van der Waals surface area contributed by atoms with Gasteiger partial charge < -0.3 is 10.1 Å². The lowest BCUT2D eigenvalue weighted by Crippen LogP contribution is -2.47. The van der Waals surface area contributed by atoms with Gasteiger partial charge in [0.25, 0.3) is 5.91 Å². The average molecular weight is 430 g/mol. The molecule has 2 aromatic rings. The number of rotatable bonds is 4. The molecule has 1 aliphatic heterocycles. The highest BCUT2D eigenvalue weighted by Crippen LogP contribution is 2.38. The van der Waals surface area contributed by atoms with E-state index in [0.29, 0.717) is 17.0 Å². The molecule has 10 heteroatoms. The van der Waals surface area contributed by atoms with E-state index in [0.717, 1.165) is 12.1 Å². The van der Waals surface area contributed by atoms with Gasteiger partial charge in [-0.15, -0.1) is 0 Å². The number of ether oxygens (including phenoxy) is 1. The van der Waals surface area contributed by atoms with Gasteiger partial charge in [-0.2, -0.15) is 18.3 Å². The smallest absolute Gasteiger partial charge is 0.407 e. The summed E-state index contributed by atoms with van der Waals surface area (Å²) in [4.78, 5) is 26.6. The molecule has 7 nitrogen and oxygen atoms in total. The number of esters is 1. The second-order valence-electron chi connectivity index (χ2n) is 7.09. The Bertz CT molecular complexity index is 1100. The van der Waals surface area contributed by atoms with Crippen molar-refractivity contribution >= 4 is 29.0 Å². The number of amides is 1. The first-order valence-electron chi connectivity index (χ1n) is 9.04. The lowest BCUT2D eigenvalue weighted by atomic mass is 9.93. The zero-order valence-corrected chi connectivity index (χ0v) is 16.5. The summed E-state index contributed by atoms with van der Waals surface area (Å²) in [6.07, 6.45) is -4.54. The van der Waals surface area contributed by atoms with E-state index in [-0.39, 0.29) is 12.1 Å². The van der Waals surface area contributed by atoms with E-state index >= 15 is 0 Å². The second-order valence-corrected chi connectivity index (χ2v) is 7.09. The van der Waals surface area contributed by atoms with Crippen LogP contribution in [0, 0.1) is 6.57 Å². The lowest BCUT2D eigenvalue weighted by Gasteiger charge is -2.23. The van der Waals surface area contributed by atoms with E-state index in [2.05, 4.69) is 20.7 Å². The van der Waals surface area contributed by atoms with Crippen LogP contribution < -0.4 is 15.5 Å². The van der Waals surface area contributed by atoms with E-state index in [4.69, 9.17) is 11.3 Å². The van der Waals surface area contributed by atoms with Crippen molar-refractivity contribution in [2.45, 2.75) is 32.0 Å². The van der Waals surface area contributed by atoms with Crippen LogP contribution >= 0.6 is 0 Å². The van der Waals surface area contributed by atoms with Crippen LogP contribution in [0.1, 0.15) is 31.4 Å². The van der Waals surface area contributed by atoms with Crippen molar-refractivity contribution in [3.8, 4) is 5.75 Å². The summed E-state index contributed by atoms with van der Waals surface area (Å²) < 4.78 is 44.4. The van der Waals surface area contributed by atoms with Gasteiger partial charge in [-0.05, 0) is 48.9 Å². The number of nitrogens with zero attached hydrogens (tertiary/aromatic N) is 2. The predicted molar refractivity (Wildman–Crippen MR) is 107 cm³/mol. The molecule has 1 amide bonds. The SMILES string of the molecule is [C-]#[N+]c1ccc(NC(=O)C2(C)CC(c3ccc(OC(C)=O)cc3)=NN2)cc1C(F)(F)F. The Balaban J connectivity index is 1.72. The molecule has 0 saturated heterocycles. The topological polar surface area (TPSA) is 84.2 Å². The van der Waals surface area contributed by atoms with Crippen LogP contribution in [-0.4, -0.2) is 23.1 Å². The molecule has 3 rings (SSSR count). The Hall–Kier alpha value is -3.87. The summed E-state index contributed by atoms with van der Waals surface area (Å²) in [7, 11) is 0. The van der Waals surface area contributed by atoms with Crippen LogP contribution in [0.2, 0.25) is 0 Å². The Morgan fingerprint density at radius 3 is 2.48 bits per heavy atom. The first-order chi connectivity index (χ1) is 14.5. The fourth-order valence-corrected chi connectivity index (χ4v) is 2.99. The summed E-state index contributed by atoms with van der Waals surface area (Å²) in [5.74, 6) is -0.659. The fourth-order valence-electron chi connectivity index (χ4n) is 2.99. The number of hydrazone groups is 1. The maximum Gasteiger partial charge on any atom is 0.407 e. The molecule has 0 aliphatic carbocycles. The Kier molecular flexibility index (Phi) is 5.71. The van der Waals surface area contributed by atoms with Gasteiger partial charge in [0.2, 0.25) is 0 Å². The van der Waals surface area contributed by atoms with Crippen molar-refractivity contribution in [3.05, 3.63) is 65.0 Å². The third-order valence-corrected chi connectivity index (χ3v) is 4.59. The van der Waals surface area contributed by atoms with Crippen molar-refractivity contribution in [1.29, 1.82) is 0 Å². The standard InChI is InChI=1S/C21H17F3N4O3/c1-12(29)31-15-7-4-13(5-8-15)18-11-20(2,28-27-18)19(30)26-14-6-9-17(25-3)16(10-14)21(22,23)24/h4-10,28H,11H2,1-2H3,(H,26,30). The zero-order chi connectivity index (χ0) is 22.8. The summed E-state index contributed by atoms with van der Waals surface area (Å²) in [6, 6.07) is 9.54. The van der Waals surface area contributed by atoms with Gasteiger partial charge in [0.1, 0.15) is 11.3 Å². The highest BCUT2D eigenvalue weighted by atomic mass is 19.4. The molecule has 0 bridgehead atoms. The fraction of sp³-hybridized carbons (Fsp3) is 0.238. The third kappa shape index (κ3) is 4.83. The number of benzene rings is 2. The molecule has 160 valence electrons. The summed E-state index contributed by atoms with van der Waals surface area (Å²) in [5, 5.41) is 6.63. The van der Waals surface area contributed by atoms with Crippen LogP contribution in [-0.2, 0) is 15.8 Å². The van der Waals surface area contributed by atoms with E-state index in [1.807, 2.05) is 0 Å². The van der Waals surface area contributed by atoms with Crippen molar-refractivity contribution in [1.82, 2.24) is 5.43 Å². The minimum absolute atomic E-state index is 0.0769. The van der Waals surface area contributed by atoms with E-state index in [1.165, 1.54) is 13.0 Å². The average Bonchev–Trinajstić information content (AvgIpc) is 3.11. The molecule has 0 saturated carbocycles. The number of carbonyl (C=O) groups is 2. The largest absolute Gasteiger partial charge is 0.427 e. The molecule has 0 spiro atoms. The third-order valence-electron chi connectivity index (χ3n) is 4.59. The van der Waals surface area contributed by atoms with Crippen LogP contribution in [0.15, 0.2) is 47.6 Å². The summed E-state index contributed by atoms with van der Waals surface area (Å²) >= 11 is 0. The van der Waals surface area contributed by atoms with Crippen LogP contribution in [0.3, 0.4) is 0 Å². The van der Waals surface area contributed by atoms with Crippen molar-refractivity contribution in [3.63, 3.8) is 0 Å². The Morgan fingerprint density at radius 2 is 1.90 bits per heavy atom. The number of hydrogen-bond acceptors (Lipinski definition) is 5. The second kappa shape index (κ2) is 8.10. The van der Waals surface area contributed by atoms with E-state index < -0.39 is 34.8 Å². The maximum atomic E-state index is 13.2. The zero-order valence-electron chi connectivity index (χ0n) is 16.5. The minimum atomic E-state index is -4.72. The van der Waals surface area contributed by atoms with E-state index in [9.17, 15) is 22.8 Å². The molecule has 0 fully saturated rings. The van der Waals surface area contributed by atoms with Crippen LogP contribution in [0.25, 0.3) is 4.85 Å². The Morgan fingerprint density at radius 1 is 1.23 bits per heavy atom. The molecule has 1 aliphatic rings. The lowest BCUT2D eigenvalue weighted by molar-refractivity contribution is -0.137. The van der Waals surface area contributed by atoms with E-state index in [1.54, 1.807) is 31.2 Å². The number of hydrogen-bond donors (Lipinski definition) is 2. The van der Waals surface area contributed by atoms with Gasteiger partial charge in [0.05, 0.1) is 17.8 Å². The maximum absolute atomic E-state index is 13.2. The van der Waals surface area contributed by atoms with Gasteiger partial charge in [0, 0.05) is 19.0 Å². The van der Waals surface area contributed by atoms with Gasteiger partial charge >= 0.3 is 12.1 Å². The number of nitrogens with one attached hydrogen (secondary N) is 2. The number of anilines is 1. The van der Waals surface area contributed by atoms with Crippen LogP contribution in [0.4, 0.5) is 24.5 Å². The number of halogens is 3. The molecule has 0 aromatic heterocycles. The van der Waals surface area contributed by atoms with Gasteiger partial charge in [0.15, 0.2) is 5.69 Å². The highest BCUT2D eigenvalue weighted by molar-refractivity contribution is 6.09. The monoisotopic (exact) mass is 430 g/mol. The molecule has 2 N–H and O–H groups in total. The molecule has 1 atom stereocenters. The highest BCUT2D eigenvalue weighted by Gasteiger charge is 2.39. The normalized spacial score (nSPS) is 17.9. The molecule has 31 heavy (non-hydrogen) atoms. The first-order valence-corrected chi connectivity index (χ1v) is 9.04. The molecule has 2 aromatic carbocycles. The molecule has 0 radical (unpaired) electrons. The van der Waals surface area contributed by atoms with Gasteiger partial charge in [-0.1, -0.05) is 6.07 Å². The van der Waals surface area contributed by atoms with Crippen molar-refractivity contribution in [2.24, 2.45) is 5.10 Å². The molecule has 1 unspecified atom stereocenters.